The van der Waals surface area contributed by atoms with Crippen molar-refractivity contribution in [2.45, 2.75) is 357 Å². The van der Waals surface area contributed by atoms with Gasteiger partial charge in [0, 0.05) is 6.42 Å². The van der Waals surface area contributed by atoms with Gasteiger partial charge < -0.3 is 65.1 Å². The van der Waals surface area contributed by atoms with Gasteiger partial charge in [-0.1, -0.05) is 261 Å². The molecular formula is C70H127NO13. The second kappa shape index (κ2) is 54.8. The standard InChI is InChI=1S/C70H127NO13/c1-3-5-7-9-11-13-15-17-19-21-23-25-26-27-28-29-30-31-32-34-35-37-39-41-43-45-47-49-51-53-59(74)58(57-81-69-67(80)65(78)68(61(56-73)83-69)84-70-66(79)64(77)63(76)60(55-72)82-70)71-62(75)54-52-50-48-46-44-42-40-38-36-33-24-22-20-18-16-14-12-10-8-6-4-2/h16,18,22,24,35,37,43,45,51,53,58-61,63-70,72-74,76-80H,3-15,17,19-21,23,25-34,36,38-42,44,46-50,52,54-57H2,1-2H3,(H,71,75)/b18-16-,24-22-,37-35+,45-43+,53-51+. The number of ether oxygens (including phenoxy) is 4. The number of carbonyl (C=O) groups is 1. The van der Waals surface area contributed by atoms with E-state index < -0.39 is 86.8 Å². The van der Waals surface area contributed by atoms with Gasteiger partial charge in [0.2, 0.25) is 5.91 Å². The van der Waals surface area contributed by atoms with Crippen molar-refractivity contribution >= 4 is 5.91 Å². The number of unbranched alkanes of at least 4 members (excludes halogenated alkanes) is 35. The van der Waals surface area contributed by atoms with Crippen LogP contribution in [0.1, 0.15) is 284 Å². The van der Waals surface area contributed by atoms with Crippen LogP contribution >= 0.6 is 0 Å². The Balaban J connectivity index is 1.72. The summed E-state index contributed by atoms with van der Waals surface area (Å²) in [5.74, 6) is -0.257. The molecule has 0 spiro atoms. The molecule has 0 aromatic carbocycles. The Hall–Kier alpha value is -2.31. The fourth-order valence-electron chi connectivity index (χ4n) is 11.1. The molecule has 2 aliphatic heterocycles. The molecule has 2 fully saturated rings. The lowest BCUT2D eigenvalue weighted by molar-refractivity contribution is -0.359. The summed E-state index contributed by atoms with van der Waals surface area (Å²) in [5, 5.41) is 87.3. The third-order valence-electron chi connectivity index (χ3n) is 16.7. The van der Waals surface area contributed by atoms with Crippen LogP contribution in [-0.2, 0) is 23.7 Å². The Morgan fingerprint density at radius 2 is 0.798 bits per heavy atom. The highest BCUT2D eigenvalue weighted by Crippen LogP contribution is 2.30. The maximum atomic E-state index is 13.3. The van der Waals surface area contributed by atoms with Crippen molar-refractivity contribution in [1.82, 2.24) is 5.32 Å². The second-order valence-electron chi connectivity index (χ2n) is 24.3. The van der Waals surface area contributed by atoms with Gasteiger partial charge in [-0.05, 0) is 77.0 Å². The zero-order chi connectivity index (χ0) is 60.9. The number of aliphatic hydroxyl groups is 8. The molecule has 0 saturated carbocycles. The highest BCUT2D eigenvalue weighted by molar-refractivity contribution is 5.76. The van der Waals surface area contributed by atoms with Crippen LogP contribution in [-0.4, -0.2) is 140 Å². The molecule has 0 aromatic heterocycles. The van der Waals surface area contributed by atoms with Crippen LogP contribution in [0, 0.1) is 0 Å². The topological polar surface area (TPSA) is 228 Å². The molecule has 490 valence electrons. The molecule has 2 aliphatic rings. The third-order valence-corrected chi connectivity index (χ3v) is 16.7. The van der Waals surface area contributed by atoms with E-state index in [1.54, 1.807) is 6.08 Å². The van der Waals surface area contributed by atoms with Crippen LogP contribution in [0.2, 0.25) is 0 Å². The zero-order valence-electron chi connectivity index (χ0n) is 53.1. The fraction of sp³-hybridized carbons (Fsp3) is 0.843. The summed E-state index contributed by atoms with van der Waals surface area (Å²) in [7, 11) is 0. The summed E-state index contributed by atoms with van der Waals surface area (Å²) in [6.45, 7) is 2.79. The van der Waals surface area contributed by atoms with Crippen molar-refractivity contribution in [3.8, 4) is 0 Å². The molecule has 0 aliphatic carbocycles. The molecule has 0 radical (unpaired) electrons. The van der Waals surface area contributed by atoms with Gasteiger partial charge >= 0.3 is 0 Å². The number of carbonyl (C=O) groups excluding carboxylic acids is 1. The van der Waals surface area contributed by atoms with Gasteiger partial charge in [0.1, 0.15) is 48.8 Å². The SMILES string of the molecule is CCCCCCC/C=C\C/C=C\CCCCCCCCCCCC(=O)NC(COC1OC(CO)C(OC2OC(CO)C(O)C(O)C2O)C(O)C1O)C(O)/C=C/CC/C=C/CC/C=C/CCCCCCCCCCCCCCCCCCCCC. The molecule has 1 amide bonds. The molecule has 12 unspecified atom stereocenters. The van der Waals surface area contributed by atoms with E-state index in [2.05, 4.69) is 67.8 Å². The first kappa shape index (κ1) is 77.8. The van der Waals surface area contributed by atoms with Gasteiger partial charge in [-0.3, -0.25) is 4.79 Å². The lowest BCUT2D eigenvalue weighted by atomic mass is 9.97. The first-order valence-electron chi connectivity index (χ1n) is 34.5. The van der Waals surface area contributed by atoms with Crippen molar-refractivity contribution in [2.24, 2.45) is 0 Å². The summed E-state index contributed by atoms with van der Waals surface area (Å²) < 4.78 is 22.8. The maximum Gasteiger partial charge on any atom is 0.220 e. The van der Waals surface area contributed by atoms with Crippen molar-refractivity contribution < 1.29 is 64.6 Å². The van der Waals surface area contributed by atoms with Crippen LogP contribution in [0.15, 0.2) is 60.8 Å². The van der Waals surface area contributed by atoms with E-state index in [0.29, 0.717) is 12.8 Å². The molecule has 2 saturated heterocycles. The Labute approximate surface area is 511 Å². The molecule has 12 atom stereocenters. The smallest absolute Gasteiger partial charge is 0.220 e. The minimum atomic E-state index is -1.80. The van der Waals surface area contributed by atoms with Gasteiger partial charge in [-0.15, -0.1) is 0 Å². The summed E-state index contributed by atoms with van der Waals surface area (Å²) >= 11 is 0. The normalized spacial score (nSPS) is 24.0. The number of rotatable bonds is 56. The number of hydrogen-bond donors (Lipinski definition) is 9. The molecule has 2 heterocycles. The lowest BCUT2D eigenvalue weighted by Gasteiger charge is -2.46. The van der Waals surface area contributed by atoms with Crippen molar-refractivity contribution in [1.29, 1.82) is 0 Å². The van der Waals surface area contributed by atoms with Gasteiger partial charge in [0.25, 0.3) is 0 Å². The van der Waals surface area contributed by atoms with E-state index in [0.717, 1.165) is 57.8 Å². The quantitative estimate of drug-likeness (QED) is 0.0204. The van der Waals surface area contributed by atoms with Crippen molar-refractivity contribution in [3.63, 3.8) is 0 Å². The minimum absolute atomic E-state index is 0.257. The third kappa shape index (κ3) is 38.9. The van der Waals surface area contributed by atoms with Crippen molar-refractivity contribution in [3.05, 3.63) is 60.8 Å². The molecule has 0 bridgehead atoms. The zero-order valence-corrected chi connectivity index (χ0v) is 53.1. The largest absolute Gasteiger partial charge is 0.394 e. The Morgan fingerprint density at radius 1 is 0.429 bits per heavy atom. The summed E-state index contributed by atoms with van der Waals surface area (Å²) in [6.07, 6.45) is 55.6. The van der Waals surface area contributed by atoms with E-state index >= 15 is 0 Å². The van der Waals surface area contributed by atoms with Crippen LogP contribution in [0.4, 0.5) is 0 Å². The molecule has 84 heavy (non-hydrogen) atoms. The highest BCUT2D eigenvalue weighted by atomic mass is 16.7. The number of allylic oxidation sites excluding steroid dienone is 9. The van der Waals surface area contributed by atoms with Gasteiger partial charge in [-0.2, -0.15) is 0 Å². The first-order chi connectivity index (χ1) is 41.1. The maximum absolute atomic E-state index is 13.3. The van der Waals surface area contributed by atoms with Gasteiger partial charge in [0.15, 0.2) is 12.6 Å². The average Bonchev–Trinajstić information content (AvgIpc) is 3.18. The monoisotopic (exact) mass is 1190 g/mol. The van der Waals surface area contributed by atoms with E-state index in [-0.39, 0.29) is 18.9 Å². The summed E-state index contributed by atoms with van der Waals surface area (Å²) in [5.41, 5.74) is 0. The molecule has 0 aromatic rings. The number of amides is 1. The van der Waals surface area contributed by atoms with Gasteiger partial charge in [-0.25, -0.2) is 0 Å². The Kier molecular flexibility index (Phi) is 50.8. The molecule has 14 nitrogen and oxygen atoms in total. The Bertz CT molecular complexity index is 1640. The molecular weight excluding hydrogens is 1060 g/mol. The van der Waals surface area contributed by atoms with Crippen LogP contribution in [0.25, 0.3) is 0 Å². The fourth-order valence-corrected chi connectivity index (χ4v) is 11.1. The minimum Gasteiger partial charge on any atom is -0.394 e. The average molecular weight is 1190 g/mol. The molecule has 14 heteroatoms. The predicted octanol–water partition coefficient (Wildman–Crippen LogP) is 13.7. The van der Waals surface area contributed by atoms with Gasteiger partial charge in [0.05, 0.1) is 32.0 Å². The number of aliphatic hydroxyl groups excluding tert-OH is 8. The van der Waals surface area contributed by atoms with Crippen molar-refractivity contribution in [2.75, 3.05) is 19.8 Å². The first-order valence-corrected chi connectivity index (χ1v) is 34.5. The lowest BCUT2D eigenvalue weighted by Crippen LogP contribution is -2.65. The summed E-state index contributed by atoms with van der Waals surface area (Å²) in [6, 6.07) is -0.944. The van der Waals surface area contributed by atoms with E-state index in [4.69, 9.17) is 18.9 Å². The van der Waals surface area contributed by atoms with Crippen LogP contribution in [0.5, 0.6) is 0 Å². The highest BCUT2D eigenvalue weighted by Gasteiger charge is 2.51. The second-order valence-corrected chi connectivity index (χ2v) is 24.3. The van der Waals surface area contributed by atoms with E-state index in [1.165, 1.54) is 193 Å². The van der Waals surface area contributed by atoms with E-state index in [9.17, 15) is 45.6 Å². The van der Waals surface area contributed by atoms with E-state index in [1.807, 2.05) is 6.08 Å². The molecule has 9 N–H and O–H groups in total. The summed E-state index contributed by atoms with van der Waals surface area (Å²) in [4.78, 5) is 13.3. The van der Waals surface area contributed by atoms with Crippen LogP contribution < -0.4 is 5.32 Å². The molecule has 2 rings (SSSR count). The Morgan fingerprint density at radius 3 is 1.24 bits per heavy atom. The number of hydrogen-bond acceptors (Lipinski definition) is 13. The van der Waals surface area contributed by atoms with Crippen LogP contribution in [0.3, 0.4) is 0 Å². The number of nitrogens with one attached hydrogen (secondary N) is 1. The predicted molar refractivity (Wildman–Crippen MR) is 341 cm³/mol.